The van der Waals surface area contributed by atoms with Crippen molar-refractivity contribution >= 4 is 11.9 Å². The molecule has 24 heavy (non-hydrogen) atoms. The summed E-state index contributed by atoms with van der Waals surface area (Å²) in [7, 11) is 2.20. The molecule has 0 amide bonds. The van der Waals surface area contributed by atoms with Gasteiger partial charge in [-0.3, -0.25) is 0 Å². The fourth-order valence-electron chi connectivity index (χ4n) is 3.66. The molecule has 2 nitrogen and oxygen atoms in total. The van der Waals surface area contributed by atoms with Gasteiger partial charge >= 0.3 is 0 Å². The van der Waals surface area contributed by atoms with Gasteiger partial charge in [0.2, 0.25) is 0 Å². The molecule has 1 aromatic carbocycles. The van der Waals surface area contributed by atoms with Crippen molar-refractivity contribution in [1.29, 1.82) is 0 Å². The smallest absolute Gasteiger partial charge is 0.165 e. The van der Waals surface area contributed by atoms with Crippen LogP contribution in [-0.2, 0) is 5.41 Å². The molecular weight excluding hydrogens is 292 g/mol. The fraction of sp³-hybridized carbons (Fsp3) is 0.591. The average Bonchev–Trinajstić information content (AvgIpc) is 2.77. The number of anilines is 1. The maximum absolute atomic E-state index is 2.51. The van der Waals surface area contributed by atoms with Crippen LogP contribution in [0.3, 0.4) is 0 Å². The number of allylic oxidation sites excluding steroid dienone is 2. The van der Waals surface area contributed by atoms with Gasteiger partial charge in [-0.05, 0) is 18.1 Å². The number of nitrogens with zero attached hydrogens (tertiary/aromatic N) is 2. The van der Waals surface area contributed by atoms with Crippen molar-refractivity contribution < 1.29 is 4.58 Å². The Bertz CT molecular complexity index is 596. The van der Waals surface area contributed by atoms with Crippen LogP contribution < -0.4 is 4.90 Å². The van der Waals surface area contributed by atoms with E-state index in [1.54, 1.807) is 0 Å². The van der Waals surface area contributed by atoms with Crippen molar-refractivity contribution in [2.24, 2.45) is 0 Å². The first-order valence-electron chi connectivity index (χ1n) is 9.65. The van der Waals surface area contributed by atoms with Crippen LogP contribution in [0.5, 0.6) is 0 Å². The Hall–Kier alpha value is -1.57. The maximum Gasteiger partial charge on any atom is 0.165 e. The number of para-hydroxylation sites is 1. The topological polar surface area (TPSA) is 6.25 Å². The summed E-state index contributed by atoms with van der Waals surface area (Å²) >= 11 is 0. The first-order valence-corrected chi connectivity index (χ1v) is 9.65. The lowest BCUT2D eigenvalue weighted by atomic mass is 9.84. The number of unbranched alkanes of at least 4 members (excludes halogenated alkanes) is 3. The van der Waals surface area contributed by atoms with E-state index in [1.807, 2.05) is 0 Å². The molecule has 0 aliphatic carbocycles. The normalized spacial score (nSPS) is 18.3. The molecule has 0 saturated carbocycles. The van der Waals surface area contributed by atoms with Gasteiger partial charge in [0.15, 0.2) is 6.21 Å². The van der Waals surface area contributed by atoms with Crippen LogP contribution in [0.25, 0.3) is 0 Å². The van der Waals surface area contributed by atoms with Crippen LogP contribution in [0.1, 0.15) is 65.4 Å². The standard InChI is InChI=1S/C22H35N2/c1-6-8-12-17-24(16-9-7-2)18-15-21-22(3,4)19-13-10-11-14-20(19)23(21)5/h10-11,13-15,18H,6-9,12,16-17H2,1-5H3/q+1. The molecule has 0 atom stereocenters. The second-order valence-electron chi connectivity index (χ2n) is 7.50. The lowest BCUT2D eigenvalue weighted by Crippen LogP contribution is -2.24. The lowest BCUT2D eigenvalue weighted by molar-refractivity contribution is -0.523. The number of benzene rings is 1. The van der Waals surface area contributed by atoms with Crippen molar-refractivity contribution in [3.05, 3.63) is 41.6 Å². The molecule has 1 aliphatic rings. The van der Waals surface area contributed by atoms with Crippen LogP contribution in [-0.4, -0.2) is 30.9 Å². The van der Waals surface area contributed by atoms with Crippen LogP contribution >= 0.6 is 0 Å². The largest absolute Gasteiger partial charge is 0.347 e. The van der Waals surface area contributed by atoms with E-state index >= 15 is 0 Å². The lowest BCUT2D eigenvalue weighted by Gasteiger charge is -2.23. The molecule has 0 unspecified atom stereocenters. The molecule has 0 spiro atoms. The summed E-state index contributed by atoms with van der Waals surface area (Å²) in [6.07, 6.45) is 11.1. The zero-order chi connectivity index (χ0) is 17.6. The van der Waals surface area contributed by atoms with E-state index in [-0.39, 0.29) is 5.41 Å². The van der Waals surface area contributed by atoms with Gasteiger partial charge in [0.25, 0.3) is 0 Å². The fourth-order valence-corrected chi connectivity index (χ4v) is 3.66. The minimum absolute atomic E-state index is 0.0711. The van der Waals surface area contributed by atoms with Gasteiger partial charge in [-0.1, -0.05) is 58.7 Å². The minimum atomic E-state index is 0.0711. The van der Waals surface area contributed by atoms with E-state index < -0.39 is 0 Å². The summed E-state index contributed by atoms with van der Waals surface area (Å²) in [5.74, 6) is 0. The van der Waals surface area contributed by atoms with Crippen molar-refractivity contribution in [2.75, 3.05) is 25.0 Å². The Morgan fingerprint density at radius 2 is 1.67 bits per heavy atom. The van der Waals surface area contributed by atoms with E-state index in [9.17, 15) is 0 Å². The minimum Gasteiger partial charge on any atom is -0.347 e. The summed E-state index contributed by atoms with van der Waals surface area (Å²) in [6, 6.07) is 8.78. The molecule has 1 heterocycles. The van der Waals surface area contributed by atoms with Gasteiger partial charge in [0.05, 0.1) is 0 Å². The highest BCUT2D eigenvalue weighted by Gasteiger charge is 2.38. The highest BCUT2D eigenvalue weighted by molar-refractivity contribution is 5.77. The van der Waals surface area contributed by atoms with Crippen molar-refractivity contribution in [2.45, 2.75) is 65.2 Å². The first kappa shape index (κ1) is 18.8. The Balaban J connectivity index is 2.24. The molecule has 2 heteroatoms. The van der Waals surface area contributed by atoms with Crippen LogP contribution in [0.15, 0.2) is 36.0 Å². The summed E-state index contributed by atoms with van der Waals surface area (Å²) in [5, 5.41) is 0. The predicted octanol–water partition coefficient (Wildman–Crippen LogP) is 5.37. The van der Waals surface area contributed by atoms with E-state index in [2.05, 4.69) is 80.8 Å². The number of hydrogen-bond donors (Lipinski definition) is 0. The molecular formula is C22H35N2+. The van der Waals surface area contributed by atoms with E-state index in [1.165, 1.54) is 62.1 Å². The summed E-state index contributed by atoms with van der Waals surface area (Å²) in [6.45, 7) is 11.6. The molecule has 0 radical (unpaired) electrons. The molecule has 1 aromatic rings. The molecule has 1 aliphatic heterocycles. The van der Waals surface area contributed by atoms with Gasteiger partial charge in [0.1, 0.15) is 13.1 Å². The number of hydrogen-bond acceptors (Lipinski definition) is 1. The second-order valence-corrected chi connectivity index (χ2v) is 7.50. The van der Waals surface area contributed by atoms with Gasteiger partial charge in [-0.25, -0.2) is 4.58 Å². The molecule has 0 aromatic heterocycles. The zero-order valence-corrected chi connectivity index (χ0v) is 16.3. The molecule has 132 valence electrons. The van der Waals surface area contributed by atoms with Crippen LogP contribution in [0.4, 0.5) is 5.69 Å². The predicted molar refractivity (Wildman–Crippen MR) is 106 cm³/mol. The number of rotatable bonds is 8. The average molecular weight is 328 g/mol. The summed E-state index contributed by atoms with van der Waals surface area (Å²) < 4.78 is 2.51. The number of likely N-dealkylation sites (N-methyl/N-ethyl adjacent to an activating group) is 1. The van der Waals surface area contributed by atoms with Crippen molar-refractivity contribution in [3.8, 4) is 0 Å². The van der Waals surface area contributed by atoms with E-state index in [0.29, 0.717) is 0 Å². The molecule has 2 rings (SSSR count). The molecule has 0 fully saturated rings. The maximum atomic E-state index is 2.51. The third-order valence-electron chi connectivity index (χ3n) is 5.23. The second kappa shape index (κ2) is 8.50. The Labute approximate surface area is 148 Å². The Morgan fingerprint density at radius 1 is 1.00 bits per heavy atom. The van der Waals surface area contributed by atoms with Gasteiger partial charge in [-0.15, -0.1) is 0 Å². The Morgan fingerprint density at radius 3 is 2.33 bits per heavy atom. The molecule has 0 saturated heterocycles. The Kier molecular flexibility index (Phi) is 6.65. The molecule has 0 N–H and O–H groups in total. The van der Waals surface area contributed by atoms with Gasteiger partial charge in [-0.2, -0.15) is 0 Å². The van der Waals surface area contributed by atoms with E-state index in [4.69, 9.17) is 0 Å². The highest BCUT2D eigenvalue weighted by atomic mass is 15.2. The monoisotopic (exact) mass is 327 g/mol. The molecule has 0 bridgehead atoms. The van der Waals surface area contributed by atoms with Crippen molar-refractivity contribution in [1.82, 2.24) is 0 Å². The summed E-state index contributed by atoms with van der Waals surface area (Å²) in [5.41, 5.74) is 4.23. The SMILES string of the molecule is CCCCC[N+](=C/C=C1/N(C)c2ccccc2C1(C)C)CCCC. The zero-order valence-electron chi connectivity index (χ0n) is 16.3. The summed E-state index contributed by atoms with van der Waals surface area (Å²) in [4.78, 5) is 2.36. The van der Waals surface area contributed by atoms with Gasteiger partial charge in [0, 0.05) is 42.8 Å². The number of fused-ring (bicyclic) bond motifs is 1. The third-order valence-corrected chi connectivity index (χ3v) is 5.23. The van der Waals surface area contributed by atoms with Gasteiger partial charge < -0.3 is 4.90 Å². The van der Waals surface area contributed by atoms with Crippen molar-refractivity contribution in [3.63, 3.8) is 0 Å². The third kappa shape index (κ3) is 4.09. The highest BCUT2D eigenvalue weighted by Crippen LogP contribution is 2.46. The first-order chi connectivity index (χ1) is 11.5. The van der Waals surface area contributed by atoms with Crippen LogP contribution in [0, 0.1) is 0 Å². The van der Waals surface area contributed by atoms with Crippen LogP contribution in [0.2, 0.25) is 0 Å². The quantitative estimate of drug-likeness (QED) is 0.353. The van der Waals surface area contributed by atoms with E-state index in [0.717, 1.165) is 0 Å².